The molecule has 0 saturated carbocycles. The number of hydrogen-bond acceptors (Lipinski definition) is 6. The first-order valence-corrected chi connectivity index (χ1v) is 8.38. The molecule has 6 nitrogen and oxygen atoms in total. The molecule has 0 atom stereocenters. The summed E-state index contributed by atoms with van der Waals surface area (Å²) in [5, 5.41) is 10.9. The van der Waals surface area contributed by atoms with E-state index in [0.717, 1.165) is 16.3 Å². The molecule has 0 amide bonds. The first kappa shape index (κ1) is 16.9. The highest BCUT2D eigenvalue weighted by Gasteiger charge is 2.13. The molecule has 0 spiro atoms. The molecule has 0 bridgehead atoms. The van der Waals surface area contributed by atoms with Crippen molar-refractivity contribution in [3.8, 4) is 5.75 Å². The predicted octanol–water partition coefficient (Wildman–Crippen LogP) is 3.84. The molecule has 2 heterocycles. The van der Waals surface area contributed by atoms with Crippen LogP contribution >= 0.6 is 0 Å². The number of aryl methyl sites for hydroxylation is 1. The van der Waals surface area contributed by atoms with Gasteiger partial charge in [-0.15, -0.1) is 0 Å². The molecule has 0 saturated heterocycles. The van der Waals surface area contributed by atoms with Crippen LogP contribution in [0.4, 0.5) is 0 Å². The Morgan fingerprint density at radius 2 is 1.81 bits per heavy atom. The van der Waals surface area contributed by atoms with Gasteiger partial charge in [-0.3, -0.25) is 4.79 Å². The minimum absolute atomic E-state index is 0.0241. The van der Waals surface area contributed by atoms with Gasteiger partial charge in [0.05, 0.1) is 12.7 Å². The van der Waals surface area contributed by atoms with E-state index in [4.69, 9.17) is 13.6 Å². The van der Waals surface area contributed by atoms with Gasteiger partial charge < -0.3 is 18.7 Å². The zero-order valence-corrected chi connectivity index (χ0v) is 14.5. The first-order valence-electron chi connectivity index (χ1n) is 8.38. The standard InChI is InChI=1S/C21H16O6/c1-12-2-4-17-14(8-21(24)27-19(17)6-12)11-26-20(23)7-13-10-25-18-9-15(22)3-5-16(13)18/h2-6,8-10,22H,7,11H2,1H3. The Labute approximate surface area is 153 Å². The fraction of sp³-hybridized carbons (Fsp3) is 0.143. The summed E-state index contributed by atoms with van der Waals surface area (Å²) >= 11 is 0. The highest BCUT2D eigenvalue weighted by atomic mass is 16.5. The quantitative estimate of drug-likeness (QED) is 0.437. The average molecular weight is 364 g/mol. The van der Waals surface area contributed by atoms with Gasteiger partial charge in [-0.1, -0.05) is 12.1 Å². The maximum Gasteiger partial charge on any atom is 0.336 e. The third kappa shape index (κ3) is 3.42. The third-order valence-electron chi connectivity index (χ3n) is 4.35. The molecule has 2 aromatic carbocycles. The molecule has 0 aliphatic rings. The number of hydrogen-bond donors (Lipinski definition) is 1. The van der Waals surface area contributed by atoms with Crippen LogP contribution in [0.15, 0.2) is 62.4 Å². The Morgan fingerprint density at radius 1 is 1.04 bits per heavy atom. The largest absolute Gasteiger partial charge is 0.508 e. The molecule has 0 unspecified atom stereocenters. The number of aromatic hydroxyl groups is 1. The Morgan fingerprint density at radius 3 is 2.67 bits per heavy atom. The summed E-state index contributed by atoms with van der Waals surface area (Å²) < 4.78 is 15.9. The van der Waals surface area contributed by atoms with E-state index in [1.165, 1.54) is 24.5 Å². The number of benzene rings is 2. The van der Waals surface area contributed by atoms with Gasteiger partial charge in [0.1, 0.15) is 23.5 Å². The topological polar surface area (TPSA) is 89.9 Å². The predicted molar refractivity (Wildman–Crippen MR) is 98.6 cm³/mol. The number of rotatable bonds is 4. The minimum Gasteiger partial charge on any atom is -0.508 e. The van der Waals surface area contributed by atoms with Crippen LogP contribution in [0.1, 0.15) is 16.7 Å². The lowest BCUT2D eigenvalue weighted by Crippen LogP contribution is -2.09. The second kappa shape index (κ2) is 6.64. The van der Waals surface area contributed by atoms with Gasteiger partial charge in [-0.05, 0) is 30.7 Å². The second-order valence-corrected chi connectivity index (χ2v) is 6.37. The number of ether oxygens (including phenoxy) is 1. The van der Waals surface area contributed by atoms with Crippen LogP contribution in [-0.4, -0.2) is 11.1 Å². The minimum atomic E-state index is -0.486. The van der Waals surface area contributed by atoms with Gasteiger partial charge in [0.15, 0.2) is 0 Å². The van der Waals surface area contributed by atoms with Crippen LogP contribution in [0, 0.1) is 6.92 Å². The lowest BCUT2D eigenvalue weighted by Gasteiger charge is -2.07. The van der Waals surface area contributed by atoms with Gasteiger partial charge in [0.2, 0.25) is 0 Å². The summed E-state index contributed by atoms with van der Waals surface area (Å²) in [4.78, 5) is 24.0. The summed E-state index contributed by atoms with van der Waals surface area (Å²) in [5.74, 6) is -0.352. The van der Waals surface area contributed by atoms with Gasteiger partial charge >= 0.3 is 11.6 Å². The van der Waals surface area contributed by atoms with E-state index in [1.54, 1.807) is 12.1 Å². The van der Waals surface area contributed by atoms with Crippen LogP contribution in [0.2, 0.25) is 0 Å². The van der Waals surface area contributed by atoms with Crippen molar-refractivity contribution in [1.82, 2.24) is 0 Å². The van der Waals surface area contributed by atoms with Crippen molar-refractivity contribution in [3.63, 3.8) is 0 Å². The normalized spacial score (nSPS) is 11.1. The molecule has 0 radical (unpaired) electrons. The van der Waals surface area contributed by atoms with Crippen molar-refractivity contribution in [2.45, 2.75) is 20.0 Å². The zero-order chi connectivity index (χ0) is 19.0. The number of carbonyl (C=O) groups is 1. The SMILES string of the molecule is Cc1ccc2c(COC(=O)Cc3coc4cc(O)ccc34)cc(=O)oc2c1. The lowest BCUT2D eigenvalue weighted by atomic mass is 10.1. The average Bonchev–Trinajstić information content (AvgIpc) is 3.01. The summed E-state index contributed by atoms with van der Waals surface area (Å²) in [7, 11) is 0. The molecule has 136 valence electrons. The Kier molecular flexibility index (Phi) is 4.16. The number of esters is 1. The van der Waals surface area contributed by atoms with E-state index < -0.39 is 11.6 Å². The highest BCUT2D eigenvalue weighted by molar-refractivity contribution is 5.86. The molecule has 27 heavy (non-hydrogen) atoms. The van der Waals surface area contributed by atoms with Crippen LogP contribution in [0.5, 0.6) is 5.75 Å². The Bertz CT molecular complexity index is 1210. The molecule has 4 aromatic rings. The van der Waals surface area contributed by atoms with Crippen LogP contribution in [0.3, 0.4) is 0 Å². The maximum atomic E-state index is 12.3. The Hall–Kier alpha value is -3.54. The maximum absolute atomic E-state index is 12.3. The monoisotopic (exact) mass is 364 g/mol. The summed E-state index contributed by atoms with van der Waals surface area (Å²) in [6.07, 6.45) is 1.50. The molecule has 0 aliphatic heterocycles. The summed E-state index contributed by atoms with van der Waals surface area (Å²) in [5.41, 5.74) is 2.71. The summed E-state index contributed by atoms with van der Waals surface area (Å²) in [6, 6.07) is 11.6. The van der Waals surface area contributed by atoms with E-state index in [1.807, 2.05) is 19.1 Å². The van der Waals surface area contributed by atoms with E-state index in [9.17, 15) is 14.7 Å². The van der Waals surface area contributed by atoms with Gasteiger partial charge in [-0.2, -0.15) is 0 Å². The first-order chi connectivity index (χ1) is 13.0. The van der Waals surface area contributed by atoms with Crippen molar-refractivity contribution in [2.75, 3.05) is 0 Å². The van der Waals surface area contributed by atoms with Crippen molar-refractivity contribution in [2.24, 2.45) is 0 Å². The van der Waals surface area contributed by atoms with Crippen molar-refractivity contribution >= 4 is 27.9 Å². The fourth-order valence-electron chi connectivity index (χ4n) is 3.03. The van der Waals surface area contributed by atoms with Crippen molar-refractivity contribution in [1.29, 1.82) is 0 Å². The van der Waals surface area contributed by atoms with Gasteiger partial charge in [0.25, 0.3) is 0 Å². The van der Waals surface area contributed by atoms with Crippen molar-refractivity contribution < 1.29 is 23.5 Å². The second-order valence-electron chi connectivity index (χ2n) is 6.37. The fourth-order valence-corrected chi connectivity index (χ4v) is 3.03. The number of furan rings is 1. The van der Waals surface area contributed by atoms with Crippen LogP contribution in [-0.2, 0) is 22.6 Å². The Balaban J connectivity index is 1.52. The number of fused-ring (bicyclic) bond motifs is 2. The van der Waals surface area contributed by atoms with Crippen LogP contribution in [0.25, 0.3) is 21.9 Å². The molecule has 4 rings (SSSR count). The number of carbonyl (C=O) groups excluding carboxylic acids is 1. The van der Waals surface area contributed by atoms with E-state index in [0.29, 0.717) is 22.3 Å². The molecule has 0 fully saturated rings. The highest BCUT2D eigenvalue weighted by Crippen LogP contribution is 2.26. The lowest BCUT2D eigenvalue weighted by molar-refractivity contribution is -0.144. The zero-order valence-electron chi connectivity index (χ0n) is 14.5. The molecule has 2 aromatic heterocycles. The number of phenols is 1. The molecular weight excluding hydrogens is 348 g/mol. The van der Waals surface area contributed by atoms with Gasteiger partial charge in [0, 0.05) is 34.0 Å². The van der Waals surface area contributed by atoms with E-state index >= 15 is 0 Å². The molecule has 6 heteroatoms. The van der Waals surface area contributed by atoms with Crippen molar-refractivity contribution in [3.05, 3.63) is 75.8 Å². The van der Waals surface area contributed by atoms with E-state index in [2.05, 4.69) is 0 Å². The summed E-state index contributed by atoms with van der Waals surface area (Å²) in [6.45, 7) is 1.88. The van der Waals surface area contributed by atoms with E-state index in [-0.39, 0.29) is 18.8 Å². The molecule has 1 N–H and O–H groups in total. The van der Waals surface area contributed by atoms with Crippen LogP contribution < -0.4 is 5.63 Å². The number of phenolic OH excluding ortho intramolecular Hbond substituents is 1. The smallest absolute Gasteiger partial charge is 0.336 e. The molecular formula is C21H16O6. The third-order valence-corrected chi connectivity index (χ3v) is 4.35. The molecule has 0 aliphatic carbocycles. The van der Waals surface area contributed by atoms with Gasteiger partial charge in [-0.25, -0.2) is 4.79 Å².